The lowest BCUT2D eigenvalue weighted by Crippen LogP contribution is -2.35. The number of ether oxygens (including phenoxy) is 3. The van der Waals surface area contributed by atoms with Crippen molar-refractivity contribution in [2.75, 3.05) is 32.2 Å². The van der Waals surface area contributed by atoms with Gasteiger partial charge in [0.25, 0.3) is 5.91 Å². The monoisotopic (exact) mass is 468 g/mol. The highest BCUT2D eigenvalue weighted by Crippen LogP contribution is 2.36. The Morgan fingerprint density at radius 3 is 2.48 bits per heavy atom. The highest BCUT2D eigenvalue weighted by molar-refractivity contribution is 6.32. The molecule has 2 rings (SSSR count). The third-order valence-electron chi connectivity index (χ3n) is 4.08. The summed E-state index contributed by atoms with van der Waals surface area (Å²) in [5.41, 5.74) is 1.34. The van der Waals surface area contributed by atoms with Crippen molar-refractivity contribution < 1.29 is 28.6 Å². The van der Waals surface area contributed by atoms with Gasteiger partial charge < -0.3 is 24.8 Å². The Kier molecular flexibility index (Phi) is 8.96. The van der Waals surface area contributed by atoms with E-state index in [1.165, 1.54) is 19.2 Å². The molecule has 0 bridgehead atoms. The molecule has 0 saturated heterocycles. The van der Waals surface area contributed by atoms with E-state index in [9.17, 15) is 14.4 Å². The van der Waals surface area contributed by atoms with Gasteiger partial charge in [-0.05, 0) is 43.7 Å². The normalized spacial score (nSPS) is 10.2. The number of hydrogen-bond acceptors (Lipinski definition) is 6. The van der Waals surface area contributed by atoms with E-state index < -0.39 is 24.4 Å². The fourth-order valence-electron chi connectivity index (χ4n) is 2.50. The first-order chi connectivity index (χ1) is 14.8. The van der Waals surface area contributed by atoms with Gasteiger partial charge in [-0.15, -0.1) is 0 Å². The van der Waals surface area contributed by atoms with Crippen molar-refractivity contribution in [2.24, 2.45) is 0 Å². The molecule has 0 saturated carbocycles. The minimum Gasteiger partial charge on any atom is -0.493 e. The Morgan fingerprint density at radius 1 is 1.06 bits per heavy atom. The number of anilines is 1. The van der Waals surface area contributed by atoms with Crippen LogP contribution in [-0.2, 0) is 14.3 Å². The van der Waals surface area contributed by atoms with Gasteiger partial charge >= 0.3 is 5.97 Å². The number of methoxy groups -OCH3 is 1. The number of rotatable bonds is 9. The summed E-state index contributed by atoms with van der Waals surface area (Å²) in [4.78, 5) is 36.2. The predicted molar refractivity (Wildman–Crippen MR) is 117 cm³/mol. The molecule has 0 unspecified atom stereocenters. The summed E-state index contributed by atoms with van der Waals surface area (Å²) in [6.07, 6.45) is 0. The average molecular weight is 469 g/mol. The molecular weight excluding hydrogens is 447 g/mol. The molecule has 0 aliphatic heterocycles. The summed E-state index contributed by atoms with van der Waals surface area (Å²) in [5, 5.41) is 5.70. The minimum absolute atomic E-state index is 0.0901. The van der Waals surface area contributed by atoms with Gasteiger partial charge in [0, 0.05) is 10.7 Å². The Morgan fingerprint density at radius 2 is 1.81 bits per heavy atom. The first-order valence-corrected chi connectivity index (χ1v) is 10.0. The highest BCUT2D eigenvalue weighted by Gasteiger charge is 2.18. The van der Waals surface area contributed by atoms with Crippen molar-refractivity contribution in [3.63, 3.8) is 0 Å². The number of carbonyl (C=O) groups is 3. The van der Waals surface area contributed by atoms with Crippen LogP contribution in [0.2, 0.25) is 10.0 Å². The number of esters is 1. The zero-order chi connectivity index (χ0) is 23.0. The first kappa shape index (κ1) is 24.3. The lowest BCUT2D eigenvalue weighted by Gasteiger charge is -2.13. The number of hydrogen-bond donors (Lipinski definition) is 2. The van der Waals surface area contributed by atoms with Crippen molar-refractivity contribution in [3.8, 4) is 11.5 Å². The molecule has 0 aliphatic rings. The van der Waals surface area contributed by atoms with E-state index in [1.54, 1.807) is 32.0 Å². The van der Waals surface area contributed by atoms with Crippen molar-refractivity contribution in [2.45, 2.75) is 13.8 Å². The Labute approximate surface area is 189 Å². The molecule has 10 heteroatoms. The van der Waals surface area contributed by atoms with Crippen LogP contribution >= 0.6 is 23.2 Å². The molecule has 2 amide bonds. The van der Waals surface area contributed by atoms with Crippen molar-refractivity contribution in [3.05, 3.63) is 51.5 Å². The number of amides is 2. The van der Waals surface area contributed by atoms with Crippen molar-refractivity contribution >= 4 is 46.7 Å². The van der Waals surface area contributed by atoms with Crippen molar-refractivity contribution in [1.29, 1.82) is 0 Å². The molecular formula is C21H22Cl2N2O6. The maximum absolute atomic E-state index is 12.2. The smallest absolute Gasteiger partial charge is 0.338 e. The number of benzene rings is 2. The largest absolute Gasteiger partial charge is 0.493 e. The number of nitrogens with one attached hydrogen (secondary N) is 2. The fraction of sp³-hybridized carbons (Fsp3) is 0.286. The lowest BCUT2D eigenvalue weighted by atomic mass is 10.2. The highest BCUT2D eigenvalue weighted by atomic mass is 35.5. The van der Waals surface area contributed by atoms with Crippen LogP contribution in [0.1, 0.15) is 22.8 Å². The number of halogens is 2. The van der Waals surface area contributed by atoms with Gasteiger partial charge in [0.2, 0.25) is 5.91 Å². The predicted octanol–water partition coefficient (Wildman–Crippen LogP) is 3.62. The van der Waals surface area contributed by atoms with E-state index in [2.05, 4.69) is 10.6 Å². The standard InChI is InChI=1S/C21H22Cl2N2O6/c1-4-30-20-15(23)8-13(9-17(20)29-3)21(28)31-11-19(27)24-10-18(26)25-16-7-5-6-14(22)12(16)2/h5-9H,4,10-11H2,1-3H3,(H,24,27)(H,25,26). The van der Waals surface area contributed by atoms with Gasteiger partial charge in [-0.2, -0.15) is 0 Å². The molecule has 31 heavy (non-hydrogen) atoms. The lowest BCUT2D eigenvalue weighted by molar-refractivity contribution is -0.126. The van der Waals surface area contributed by atoms with Gasteiger partial charge in [-0.3, -0.25) is 9.59 Å². The van der Waals surface area contributed by atoms with Crippen LogP contribution < -0.4 is 20.1 Å². The molecule has 0 radical (unpaired) electrons. The summed E-state index contributed by atoms with van der Waals surface area (Å²) in [5.74, 6) is -1.30. The summed E-state index contributed by atoms with van der Waals surface area (Å²) in [6, 6.07) is 7.86. The topological polar surface area (TPSA) is 103 Å². The van der Waals surface area contributed by atoms with Gasteiger partial charge in [-0.25, -0.2) is 4.79 Å². The molecule has 0 atom stereocenters. The molecule has 2 aromatic carbocycles. The number of carbonyl (C=O) groups excluding carboxylic acids is 3. The van der Waals surface area contributed by atoms with E-state index in [0.717, 1.165) is 0 Å². The first-order valence-electron chi connectivity index (χ1n) is 9.25. The molecule has 2 aromatic rings. The van der Waals surface area contributed by atoms with Gasteiger partial charge in [0.1, 0.15) is 0 Å². The Hall–Kier alpha value is -2.97. The maximum Gasteiger partial charge on any atom is 0.338 e. The fourth-order valence-corrected chi connectivity index (χ4v) is 2.94. The molecule has 0 fully saturated rings. The average Bonchev–Trinajstić information content (AvgIpc) is 2.75. The Bertz CT molecular complexity index is 981. The minimum atomic E-state index is -0.780. The molecule has 0 heterocycles. The van der Waals surface area contributed by atoms with Crippen LogP contribution in [0.5, 0.6) is 11.5 Å². The van der Waals surface area contributed by atoms with Crippen LogP contribution in [0.25, 0.3) is 0 Å². The van der Waals surface area contributed by atoms with E-state index in [0.29, 0.717) is 28.6 Å². The SMILES string of the molecule is CCOc1c(Cl)cc(C(=O)OCC(=O)NCC(=O)Nc2cccc(Cl)c2C)cc1OC. The second kappa shape index (κ2) is 11.4. The molecule has 2 N–H and O–H groups in total. The zero-order valence-corrected chi connectivity index (χ0v) is 18.7. The second-order valence-electron chi connectivity index (χ2n) is 6.24. The molecule has 0 aliphatic carbocycles. The van der Waals surface area contributed by atoms with E-state index >= 15 is 0 Å². The van der Waals surface area contributed by atoms with Crippen LogP contribution in [0.4, 0.5) is 5.69 Å². The molecule has 0 spiro atoms. The van der Waals surface area contributed by atoms with Crippen LogP contribution in [-0.4, -0.2) is 44.7 Å². The van der Waals surface area contributed by atoms with Crippen LogP contribution in [0.15, 0.2) is 30.3 Å². The summed E-state index contributed by atoms with van der Waals surface area (Å²) in [6.45, 7) is 3.04. The van der Waals surface area contributed by atoms with E-state index in [1.807, 2.05) is 0 Å². The maximum atomic E-state index is 12.2. The van der Waals surface area contributed by atoms with Crippen LogP contribution in [0.3, 0.4) is 0 Å². The second-order valence-corrected chi connectivity index (χ2v) is 7.05. The summed E-state index contributed by atoms with van der Waals surface area (Å²) < 4.78 is 15.5. The quantitative estimate of drug-likeness (QED) is 0.544. The zero-order valence-electron chi connectivity index (χ0n) is 17.2. The summed E-state index contributed by atoms with van der Waals surface area (Å²) in [7, 11) is 1.41. The Balaban J connectivity index is 1.87. The van der Waals surface area contributed by atoms with Crippen molar-refractivity contribution in [1.82, 2.24) is 5.32 Å². The van der Waals surface area contributed by atoms with Gasteiger partial charge in [-0.1, -0.05) is 29.3 Å². The van der Waals surface area contributed by atoms with Crippen LogP contribution in [0, 0.1) is 6.92 Å². The van der Waals surface area contributed by atoms with E-state index in [-0.39, 0.29) is 22.9 Å². The third-order valence-corrected chi connectivity index (χ3v) is 4.77. The van der Waals surface area contributed by atoms with E-state index in [4.69, 9.17) is 37.4 Å². The van der Waals surface area contributed by atoms with Gasteiger partial charge in [0.05, 0.1) is 30.8 Å². The summed E-state index contributed by atoms with van der Waals surface area (Å²) >= 11 is 12.1. The molecule has 166 valence electrons. The molecule has 0 aromatic heterocycles. The molecule has 8 nitrogen and oxygen atoms in total. The third kappa shape index (κ3) is 6.77. The van der Waals surface area contributed by atoms with Gasteiger partial charge in [0.15, 0.2) is 18.1 Å².